The lowest BCUT2D eigenvalue weighted by Crippen LogP contribution is -2.18. The van der Waals surface area contributed by atoms with Gasteiger partial charge in [0.15, 0.2) is 0 Å². The van der Waals surface area contributed by atoms with E-state index < -0.39 is 0 Å². The molecule has 0 bridgehead atoms. The summed E-state index contributed by atoms with van der Waals surface area (Å²) in [7, 11) is 3.11. The van der Waals surface area contributed by atoms with Crippen molar-refractivity contribution in [2.45, 2.75) is 0 Å². The number of benzene rings is 3. The zero-order valence-electron chi connectivity index (χ0n) is 16.9. The van der Waals surface area contributed by atoms with Crippen LogP contribution in [0.15, 0.2) is 71.8 Å². The highest BCUT2D eigenvalue weighted by Gasteiger charge is 2.08. The fourth-order valence-electron chi connectivity index (χ4n) is 2.66. The fourth-order valence-corrected chi connectivity index (χ4v) is 2.79. The number of nitrogens with one attached hydrogen (secondary N) is 2. The van der Waals surface area contributed by atoms with Crippen molar-refractivity contribution in [2.24, 2.45) is 5.10 Å². The molecule has 0 radical (unpaired) electrons. The second-order valence-electron chi connectivity index (χ2n) is 6.35. The number of ether oxygens (including phenoxy) is 2. The van der Waals surface area contributed by atoms with Crippen molar-refractivity contribution in [3.63, 3.8) is 0 Å². The molecule has 0 aliphatic heterocycles. The van der Waals surface area contributed by atoms with Gasteiger partial charge in [-0.3, -0.25) is 9.59 Å². The summed E-state index contributed by atoms with van der Waals surface area (Å²) >= 11 is 5.83. The van der Waals surface area contributed by atoms with Crippen LogP contribution in [0.1, 0.15) is 26.3 Å². The molecule has 7 nitrogen and oxygen atoms in total. The van der Waals surface area contributed by atoms with Gasteiger partial charge in [0.1, 0.15) is 11.5 Å². The molecule has 2 N–H and O–H groups in total. The Morgan fingerprint density at radius 2 is 1.52 bits per heavy atom. The van der Waals surface area contributed by atoms with Gasteiger partial charge < -0.3 is 14.8 Å². The molecule has 3 aromatic rings. The summed E-state index contributed by atoms with van der Waals surface area (Å²) in [5, 5.41) is 7.29. The van der Waals surface area contributed by atoms with Crippen molar-refractivity contribution in [1.82, 2.24) is 5.43 Å². The molecule has 0 saturated carbocycles. The van der Waals surface area contributed by atoms with Crippen molar-refractivity contribution < 1.29 is 19.1 Å². The van der Waals surface area contributed by atoms with Crippen molar-refractivity contribution in [1.29, 1.82) is 0 Å². The van der Waals surface area contributed by atoms with Crippen molar-refractivity contribution in [3.8, 4) is 11.5 Å². The van der Waals surface area contributed by atoms with Crippen molar-refractivity contribution in [3.05, 3.63) is 88.4 Å². The first kappa shape index (κ1) is 21.9. The Hall–Kier alpha value is -3.84. The van der Waals surface area contributed by atoms with E-state index in [2.05, 4.69) is 15.8 Å². The number of rotatable bonds is 7. The first-order valence-electron chi connectivity index (χ1n) is 9.22. The molecule has 2 amide bonds. The van der Waals surface area contributed by atoms with Crippen molar-refractivity contribution >= 4 is 35.3 Å². The molecule has 0 unspecified atom stereocenters. The highest BCUT2D eigenvalue weighted by Crippen LogP contribution is 2.23. The topological polar surface area (TPSA) is 89.0 Å². The molecule has 158 valence electrons. The minimum Gasteiger partial charge on any atom is -0.497 e. The molecule has 8 heteroatoms. The van der Waals surface area contributed by atoms with E-state index in [0.29, 0.717) is 38.9 Å². The third-order valence-corrected chi connectivity index (χ3v) is 4.57. The van der Waals surface area contributed by atoms with Gasteiger partial charge in [-0.25, -0.2) is 5.43 Å². The summed E-state index contributed by atoms with van der Waals surface area (Å²) < 4.78 is 10.4. The van der Waals surface area contributed by atoms with Crippen LogP contribution in [0.2, 0.25) is 5.02 Å². The number of carbonyl (C=O) groups is 2. The Morgan fingerprint density at radius 3 is 2.16 bits per heavy atom. The zero-order chi connectivity index (χ0) is 22.2. The minimum absolute atomic E-state index is 0.271. The minimum atomic E-state index is -0.390. The molecule has 3 aromatic carbocycles. The number of carbonyl (C=O) groups excluding carboxylic acids is 2. The van der Waals surface area contributed by atoms with Gasteiger partial charge in [-0.15, -0.1) is 0 Å². The van der Waals surface area contributed by atoms with Crippen LogP contribution in [-0.4, -0.2) is 32.2 Å². The third-order valence-electron chi connectivity index (χ3n) is 4.32. The van der Waals surface area contributed by atoms with Gasteiger partial charge >= 0.3 is 0 Å². The van der Waals surface area contributed by atoms with Crippen LogP contribution in [0.25, 0.3) is 0 Å². The normalized spacial score (nSPS) is 10.5. The van der Waals surface area contributed by atoms with E-state index >= 15 is 0 Å². The SMILES string of the molecule is COc1ccc(/C=N\NC(=O)c2ccc(NC(=O)c3ccc(Cl)cc3)cc2)c(OC)c1. The molecule has 0 aromatic heterocycles. The van der Waals surface area contributed by atoms with E-state index in [1.807, 2.05) is 0 Å². The Labute approximate surface area is 184 Å². The molecular formula is C23H20ClN3O4. The van der Waals surface area contributed by atoms with Gasteiger partial charge in [-0.2, -0.15) is 5.10 Å². The standard InChI is InChI=1S/C23H20ClN3O4/c1-30-20-12-7-17(21(13-20)31-2)14-25-27-23(29)16-5-10-19(11-6-16)26-22(28)15-3-8-18(24)9-4-15/h3-14H,1-2H3,(H,26,28)(H,27,29)/b25-14-. The van der Waals surface area contributed by atoms with E-state index in [4.69, 9.17) is 21.1 Å². The predicted molar refractivity (Wildman–Crippen MR) is 120 cm³/mol. The highest BCUT2D eigenvalue weighted by molar-refractivity contribution is 6.30. The van der Waals surface area contributed by atoms with Crippen LogP contribution < -0.4 is 20.2 Å². The molecule has 0 heterocycles. The maximum absolute atomic E-state index is 12.3. The Bertz CT molecular complexity index is 1100. The van der Waals surface area contributed by atoms with E-state index in [-0.39, 0.29) is 11.8 Å². The zero-order valence-corrected chi connectivity index (χ0v) is 17.6. The van der Waals surface area contributed by atoms with Gasteiger partial charge in [-0.05, 0) is 60.7 Å². The maximum atomic E-state index is 12.3. The molecule has 0 spiro atoms. The van der Waals surface area contributed by atoms with Gasteiger partial charge in [-0.1, -0.05) is 11.6 Å². The lowest BCUT2D eigenvalue weighted by molar-refractivity contribution is 0.0954. The van der Waals surface area contributed by atoms with Crippen LogP contribution in [-0.2, 0) is 0 Å². The predicted octanol–water partition coefficient (Wildman–Crippen LogP) is 4.37. The summed E-state index contributed by atoms with van der Waals surface area (Å²) in [6.07, 6.45) is 1.48. The third kappa shape index (κ3) is 5.83. The first-order valence-corrected chi connectivity index (χ1v) is 9.60. The van der Waals surface area contributed by atoms with E-state index in [9.17, 15) is 9.59 Å². The van der Waals surface area contributed by atoms with Crippen LogP contribution in [0.3, 0.4) is 0 Å². The Morgan fingerprint density at radius 1 is 0.871 bits per heavy atom. The Balaban J connectivity index is 1.59. The fraction of sp³-hybridized carbons (Fsp3) is 0.0870. The summed E-state index contributed by atoms with van der Waals surface area (Å²) in [5.41, 5.74) is 4.58. The number of amides is 2. The van der Waals surface area contributed by atoms with Crippen molar-refractivity contribution in [2.75, 3.05) is 19.5 Å². The quantitative estimate of drug-likeness (QED) is 0.424. The van der Waals surface area contributed by atoms with Gasteiger partial charge in [0.25, 0.3) is 11.8 Å². The van der Waals surface area contributed by atoms with Crippen LogP contribution in [0, 0.1) is 0 Å². The van der Waals surface area contributed by atoms with E-state index in [0.717, 1.165) is 0 Å². The summed E-state index contributed by atoms with van der Waals surface area (Å²) in [6, 6.07) is 18.3. The van der Waals surface area contributed by atoms with E-state index in [1.54, 1.807) is 73.8 Å². The number of methoxy groups -OCH3 is 2. The molecule has 0 fully saturated rings. The van der Waals surface area contributed by atoms with Gasteiger partial charge in [0.05, 0.1) is 20.4 Å². The summed E-state index contributed by atoms with van der Waals surface area (Å²) in [5.74, 6) is 0.561. The van der Waals surface area contributed by atoms with Gasteiger partial charge in [0.2, 0.25) is 0 Å². The second-order valence-corrected chi connectivity index (χ2v) is 6.78. The number of hydrogen-bond donors (Lipinski definition) is 2. The average molecular weight is 438 g/mol. The molecule has 31 heavy (non-hydrogen) atoms. The lowest BCUT2D eigenvalue weighted by atomic mass is 10.1. The molecular weight excluding hydrogens is 418 g/mol. The van der Waals surface area contributed by atoms with Gasteiger partial charge in [0, 0.05) is 33.5 Å². The largest absolute Gasteiger partial charge is 0.497 e. The van der Waals surface area contributed by atoms with Crippen LogP contribution in [0.5, 0.6) is 11.5 Å². The lowest BCUT2D eigenvalue weighted by Gasteiger charge is -2.07. The Kier molecular flexibility index (Phi) is 7.24. The average Bonchev–Trinajstić information content (AvgIpc) is 2.80. The second kappa shape index (κ2) is 10.3. The molecule has 0 saturated heterocycles. The number of anilines is 1. The highest BCUT2D eigenvalue weighted by atomic mass is 35.5. The number of halogens is 1. The van der Waals surface area contributed by atoms with Crippen LogP contribution >= 0.6 is 11.6 Å². The summed E-state index contributed by atoms with van der Waals surface area (Å²) in [6.45, 7) is 0. The first-order chi connectivity index (χ1) is 15.0. The maximum Gasteiger partial charge on any atom is 0.271 e. The van der Waals surface area contributed by atoms with Crippen LogP contribution in [0.4, 0.5) is 5.69 Å². The number of nitrogens with zero attached hydrogens (tertiary/aromatic N) is 1. The molecule has 0 aliphatic carbocycles. The van der Waals surface area contributed by atoms with E-state index in [1.165, 1.54) is 13.3 Å². The number of hydrogen-bond acceptors (Lipinski definition) is 5. The molecule has 0 aliphatic rings. The molecule has 3 rings (SSSR count). The molecule has 0 atom stereocenters. The summed E-state index contributed by atoms with van der Waals surface area (Å²) in [4.78, 5) is 24.5. The smallest absolute Gasteiger partial charge is 0.271 e. The monoisotopic (exact) mass is 437 g/mol. The number of hydrazone groups is 1.